The van der Waals surface area contributed by atoms with Crippen LogP contribution in [0.1, 0.15) is 78.1 Å². The van der Waals surface area contributed by atoms with Crippen molar-refractivity contribution in [2.75, 3.05) is 18.1 Å². The lowest BCUT2D eigenvalue weighted by molar-refractivity contribution is 0.350. The largest absolute Gasteiger partial charge is 0.314 e. The SMILES string of the molecule is CCCCCCCCCC(NCCC)C1CCSC1. The quantitative estimate of drug-likeness (QED) is 0.492. The normalized spacial score (nSPS) is 20.8. The number of hydrogen-bond donors (Lipinski definition) is 1. The number of thioether (sulfide) groups is 1. The minimum absolute atomic E-state index is 0.811. The second kappa shape index (κ2) is 12.1. The zero-order chi connectivity index (χ0) is 13.8. The van der Waals surface area contributed by atoms with Crippen molar-refractivity contribution in [3.05, 3.63) is 0 Å². The van der Waals surface area contributed by atoms with Crippen molar-refractivity contribution in [3.63, 3.8) is 0 Å². The molecule has 1 aliphatic heterocycles. The second-order valence-electron chi connectivity index (χ2n) is 6.09. The van der Waals surface area contributed by atoms with Gasteiger partial charge in [0.25, 0.3) is 0 Å². The maximum absolute atomic E-state index is 3.81. The predicted octanol–water partition coefficient (Wildman–Crippen LogP) is 5.25. The fraction of sp³-hybridized carbons (Fsp3) is 1.00. The first-order valence-electron chi connectivity index (χ1n) is 8.69. The van der Waals surface area contributed by atoms with Crippen molar-refractivity contribution in [2.45, 2.75) is 84.1 Å². The highest BCUT2D eigenvalue weighted by Gasteiger charge is 2.24. The fourth-order valence-electron chi connectivity index (χ4n) is 3.03. The Morgan fingerprint density at radius 3 is 2.37 bits per heavy atom. The first kappa shape index (κ1) is 17.4. The van der Waals surface area contributed by atoms with Gasteiger partial charge in [-0.3, -0.25) is 0 Å². The third-order valence-corrected chi connectivity index (χ3v) is 5.50. The van der Waals surface area contributed by atoms with E-state index in [4.69, 9.17) is 0 Å². The molecule has 1 saturated heterocycles. The first-order valence-corrected chi connectivity index (χ1v) is 9.85. The van der Waals surface area contributed by atoms with Crippen molar-refractivity contribution in [1.29, 1.82) is 0 Å². The summed E-state index contributed by atoms with van der Waals surface area (Å²) in [5.41, 5.74) is 0. The Hall–Kier alpha value is 0.310. The highest BCUT2D eigenvalue weighted by molar-refractivity contribution is 7.99. The molecular weight excluding hydrogens is 250 g/mol. The molecule has 19 heavy (non-hydrogen) atoms. The van der Waals surface area contributed by atoms with Gasteiger partial charge in [-0.05, 0) is 43.2 Å². The lowest BCUT2D eigenvalue weighted by Crippen LogP contribution is -2.36. The number of nitrogens with one attached hydrogen (secondary N) is 1. The molecule has 1 nitrogen and oxygen atoms in total. The molecule has 0 spiro atoms. The Balaban J connectivity index is 2.06. The van der Waals surface area contributed by atoms with Crippen LogP contribution in [0.4, 0.5) is 0 Å². The molecule has 0 aromatic rings. The zero-order valence-electron chi connectivity index (χ0n) is 13.3. The van der Waals surface area contributed by atoms with Crippen molar-refractivity contribution in [2.24, 2.45) is 5.92 Å². The summed E-state index contributed by atoms with van der Waals surface area (Å²) in [6.07, 6.45) is 14.2. The minimum atomic E-state index is 0.811. The van der Waals surface area contributed by atoms with Crippen LogP contribution in [0.15, 0.2) is 0 Å². The molecule has 0 aliphatic carbocycles. The van der Waals surface area contributed by atoms with Gasteiger partial charge >= 0.3 is 0 Å². The first-order chi connectivity index (χ1) is 9.38. The van der Waals surface area contributed by atoms with Gasteiger partial charge in [-0.15, -0.1) is 0 Å². The van der Waals surface area contributed by atoms with E-state index < -0.39 is 0 Å². The van der Waals surface area contributed by atoms with Crippen LogP contribution in [0.2, 0.25) is 0 Å². The molecule has 0 aromatic carbocycles. The van der Waals surface area contributed by atoms with Crippen LogP contribution < -0.4 is 5.32 Å². The molecule has 0 aromatic heterocycles. The lowest BCUT2D eigenvalue weighted by atomic mass is 9.93. The zero-order valence-corrected chi connectivity index (χ0v) is 14.1. The van der Waals surface area contributed by atoms with E-state index in [0.29, 0.717) is 0 Å². The van der Waals surface area contributed by atoms with E-state index in [1.165, 1.54) is 82.3 Å². The maximum Gasteiger partial charge on any atom is 0.0103 e. The number of rotatable bonds is 12. The summed E-state index contributed by atoms with van der Waals surface area (Å²) in [5, 5.41) is 3.81. The summed E-state index contributed by atoms with van der Waals surface area (Å²) in [5.74, 6) is 3.75. The van der Waals surface area contributed by atoms with E-state index >= 15 is 0 Å². The maximum atomic E-state index is 3.81. The van der Waals surface area contributed by atoms with E-state index in [1.54, 1.807) is 0 Å². The second-order valence-corrected chi connectivity index (χ2v) is 7.24. The van der Waals surface area contributed by atoms with Gasteiger partial charge in [0.15, 0.2) is 0 Å². The van der Waals surface area contributed by atoms with Crippen LogP contribution in [-0.2, 0) is 0 Å². The summed E-state index contributed by atoms with van der Waals surface area (Å²) in [6, 6.07) is 0.811. The molecule has 1 N–H and O–H groups in total. The Bertz CT molecular complexity index is 190. The van der Waals surface area contributed by atoms with Crippen LogP contribution in [-0.4, -0.2) is 24.1 Å². The topological polar surface area (TPSA) is 12.0 Å². The lowest BCUT2D eigenvalue weighted by Gasteiger charge is -2.24. The fourth-order valence-corrected chi connectivity index (χ4v) is 4.36. The molecule has 1 aliphatic rings. The van der Waals surface area contributed by atoms with Crippen LogP contribution in [0.25, 0.3) is 0 Å². The number of hydrogen-bond acceptors (Lipinski definition) is 2. The van der Waals surface area contributed by atoms with Crippen molar-refractivity contribution in [1.82, 2.24) is 5.32 Å². The molecule has 2 atom stereocenters. The van der Waals surface area contributed by atoms with Gasteiger partial charge in [0, 0.05) is 6.04 Å². The van der Waals surface area contributed by atoms with Gasteiger partial charge in [-0.1, -0.05) is 58.8 Å². The molecular formula is C17H35NS. The monoisotopic (exact) mass is 285 g/mol. The third kappa shape index (κ3) is 8.24. The van der Waals surface area contributed by atoms with Gasteiger partial charge in [0.05, 0.1) is 0 Å². The molecule has 0 bridgehead atoms. The smallest absolute Gasteiger partial charge is 0.0103 e. The number of unbranched alkanes of at least 4 members (excludes halogenated alkanes) is 6. The average Bonchev–Trinajstić information content (AvgIpc) is 2.95. The molecule has 1 rings (SSSR count). The molecule has 0 amide bonds. The van der Waals surface area contributed by atoms with Crippen LogP contribution in [0, 0.1) is 5.92 Å². The summed E-state index contributed by atoms with van der Waals surface area (Å²) >= 11 is 2.16. The summed E-state index contributed by atoms with van der Waals surface area (Å²) in [7, 11) is 0. The van der Waals surface area contributed by atoms with Gasteiger partial charge in [0.2, 0.25) is 0 Å². The van der Waals surface area contributed by atoms with Gasteiger partial charge < -0.3 is 5.32 Å². The van der Waals surface area contributed by atoms with E-state index in [0.717, 1.165) is 12.0 Å². The minimum Gasteiger partial charge on any atom is -0.314 e. The molecule has 2 unspecified atom stereocenters. The standard InChI is InChI=1S/C17H35NS/c1-3-5-6-7-8-9-10-11-17(18-13-4-2)16-12-14-19-15-16/h16-18H,3-15H2,1-2H3. The molecule has 114 valence electrons. The van der Waals surface area contributed by atoms with Crippen molar-refractivity contribution in [3.8, 4) is 0 Å². The highest BCUT2D eigenvalue weighted by Crippen LogP contribution is 2.28. The summed E-state index contributed by atoms with van der Waals surface area (Å²) < 4.78 is 0. The molecule has 0 radical (unpaired) electrons. The summed E-state index contributed by atoms with van der Waals surface area (Å²) in [6.45, 7) is 5.78. The van der Waals surface area contributed by atoms with Gasteiger partial charge in [0.1, 0.15) is 0 Å². The predicted molar refractivity (Wildman–Crippen MR) is 90.1 cm³/mol. The highest BCUT2D eigenvalue weighted by atomic mass is 32.2. The molecule has 1 heterocycles. The van der Waals surface area contributed by atoms with Crippen molar-refractivity contribution < 1.29 is 0 Å². The summed E-state index contributed by atoms with van der Waals surface area (Å²) in [4.78, 5) is 0. The van der Waals surface area contributed by atoms with E-state index in [1.807, 2.05) is 0 Å². The molecule has 0 saturated carbocycles. The van der Waals surface area contributed by atoms with Gasteiger partial charge in [-0.2, -0.15) is 11.8 Å². The Morgan fingerprint density at radius 1 is 1.00 bits per heavy atom. The average molecular weight is 286 g/mol. The Kier molecular flexibility index (Phi) is 11.0. The van der Waals surface area contributed by atoms with Crippen LogP contribution in [0.3, 0.4) is 0 Å². The van der Waals surface area contributed by atoms with Crippen LogP contribution in [0.5, 0.6) is 0 Å². The van der Waals surface area contributed by atoms with E-state index in [9.17, 15) is 0 Å². The van der Waals surface area contributed by atoms with E-state index in [-0.39, 0.29) is 0 Å². The third-order valence-electron chi connectivity index (χ3n) is 4.31. The molecule has 1 fully saturated rings. The van der Waals surface area contributed by atoms with Gasteiger partial charge in [-0.25, -0.2) is 0 Å². The Labute approximate surface area is 125 Å². The van der Waals surface area contributed by atoms with Crippen LogP contribution >= 0.6 is 11.8 Å². The Morgan fingerprint density at radius 2 is 1.74 bits per heavy atom. The van der Waals surface area contributed by atoms with E-state index in [2.05, 4.69) is 30.9 Å². The molecule has 2 heteroatoms. The van der Waals surface area contributed by atoms with Crippen molar-refractivity contribution >= 4 is 11.8 Å².